The van der Waals surface area contributed by atoms with Gasteiger partial charge in [-0.3, -0.25) is 14.8 Å². The number of amides is 1. The molecule has 118 valence electrons. The van der Waals surface area contributed by atoms with Gasteiger partial charge in [0.1, 0.15) is 6.33 Å². The summed E-state index contributed by atoms with van der Waals surface area (Å²) in [5.41, 5.74) is 2.82. The molecule has 0 aliphatic carbocycles. The van der Waals surface area contributed by atoms with Crippen LogP contribution in [0.15, 0.2) is 43.0 Å². The molecule has 0 spiro atoms. The van der Waals surface area contributed by atoms with E-state index in [0.29, 0.717) is 12.1 Å². The molecule has 0 atom stereocenters. The summed E-state index contributed by atoms with van der Waals surface area (Å²) in [7, 11) is 0. The minimum atomic E-state index is -0.266. The fourth-order valence-corrected chi connectivity index (χ4v) is 2.25. The predicted octanol–water partition coefficient (Wildman–Crippen LogP) is 2.10. The lowest BCUT2D eigenvalue weighted by Crippen LogP contribution is -2.13. The van der Waals surface area contributed by atoms with E-state index in [1.54, 1.807) is 21.9 Å². The minimum absolute atomic E-state index is 0.266. The van der Waals surface area contributed by atoms with Crippen molar-refractivity contribution < 1.29 is 4.79 Å². The Morgan fingerprint density at radius 3 is 2.91 bits per heavy atom. The molecule has 0 bridgehead atoms. The van der Waals surface area contributed by atoms with Crippen molar-refractivity contribution in [3.05, 3.63) is 59.7 Å². The van der Waals surface area contributed by atoms with E-state index >= 15 is 0 Å². The Bertz CT molecular complexity index is 819. The second-order valence-electron chi connectivity index (χ2n) is 5.29. The van der Waals surface area contributed by atoms with Crippen molar-refractivity contribution in [2.75, 3.05) is 5.32 Å². The van der Waals surface area contributed by atoms with Crippen LogP contribution in [0.2, 0.25) is 0 Å². The molecule has 1 N–H and O–H groups in total. The summed E-state index contributed by atoms with van der Waals surface area (Å²) in [5, 5.41) is 11.0. The van der Waals surface area contributed by atoms with Gasteiger partial charge in [0.05, 0.1) is 18.3 Å². The zero-order chi connectivity index (χ0) is 16.2. The second kappa shape index (κ2) is 6.43. The molecule has 1 amide bonds. The monoisotopic (exact) mass is 310 g/mol. The van der Waals surface area contributed by atoms with Gasteiger partial charge in [0.25, 0.3) is 5.91 Å². The molecular formula is C16H18N6O. The van der Waals surface area contributed by atoms with Crippen LogP contribution < -0.4 is 5.32 Å². The number of aromatic nitrogens is 5. The Morgan fingerprint density at radius 1 is 1.30 bits per heavy atom. The Morgan fingerprint density at radius 2 is 2.17 bits per heavy atom. The number of benzene rings is 1. The number of hydrogen-bond donors (Lipinski definition) is 1. The molecule has 3 rings (SSSR count). The van der Waals surface area contributed by atoms with Crippen molar-refractivity contribution in [3.8, 4) is 0 Å². The highest BCUT2D eigenvalue weighted by atomic mass is 16.1. The van der Waals surface area contributed by atoms with Crippen molar-refractivity contribution in [3.63, 3.8) is 0 Å². The molecule has 7 heteroatoms. The summed E-state index contributed by atoms with van der Waals surface area (Å²) < 4.78 is 3.39. The topological polar surface area (TPSA) is 77.6 Å². The van der Waals surface area contributed by atoms with E-state index in [4.69, 9.17) is 0 Å². The van der Waals surface area contributed by atoms with Crippen molar-refractivity contribution in [1.82, 2.24) is 24.5 Å². The van der Waals surface area contributed by atoms with Crippen molar-refractivity contribution in [2.24, 2.45) is 0 Å². The molecule has 2 aromatic heterocycles. The van der Waals surface area contributed by atoms with E-state index in [9.17, 15) is 4.79 Å². The first-order valence-electron chi connectivity index (χ1n) is 7.43. The molecule has 0 aliphatic heterocycles. The quantitative estimate of drug-likeness (QED) is 0.783. The molecular weight excluding hydrogens is 292 g/mol. The number of carbonyl (C=O) groups is 1. The van der Waals surface area contributed by atoms with Gasteiger partial charge in [-0.25, -0.2) is 9.67 Å². The van der Waals surface area contributed by atoms with E-state index in [1.165, 1.54) is 11.8 Å². The van der Waals surface area contributed by atoms with Gasteiger partial charge in [0, 0.05) is 12.7 Å². The number of hydrogen-bond acceptors (Lipinski definition) is 4. The molecule has 0 saturated heterocycles. The van der Waals surface area contributed by atoms with E-state index < -0.39 is 0 Å². The van der Waals surface area contributed by atoms with Crippen LogP contribution in [-0.4, -0.2) is 30.5 Å². The van der Waals surface area contributed by atoms with Crippen LogP contribution in [0.5, 0.6) is 0 Å². The average Bonchev–Trinajstić information content (AvgIpc) is 3.16. The fraction of sp³-hybridized carbons (Fsp3) is 0.250. The van der Waals surface area contributed by atoms with Crippen LogP contribution in [0.25, 0.3) is 0 Å². The maximum Gasteiger partial charge on any atom is 0.261 e. The van der Waals surface area contributed by atoms with Crippen LogP contribution in [0.3, 0.4) is 0 Å². The number of nitrogens with one attached hydrogen (secondary N) is 1. The minimum Gasteiger partial charge on any atom is -0.289 e. The lowest BCUT2D eigenvalue weighted by Gasteiger charge is -2.02. The first kappa shape index (κ1) is 15.0. The van der Waals surface area contributed by atoms with Gasteiger partial charge in [-0.2, -0.15) is 5.10 Å². The van der Waals surface area contributed by atoms with Gasteiger partial charge in [-0.1, -0.05) is 29.8 Å². The molecule has 0 saturated carbocycles. The number of carbonyl (C=O) groups excluding carboxylic acids is 1. The highest BCUT2D eigenvalue weighted by Crippen LogP contribution is 2.07. The molecule has 2 heterocycles. The van der Waals surface area contributed by atoms with Crippen LogP contribution in [-0.2, 0) is 13.1 Å². The number of aryl methyl sites for hydroxylation is 2. The molecule has 0 fully saturated rings. The van der Waals surface area contributed by atoms with Gasteiger partial charge in [-0.15, -0.1) is 5.10 Å². The summed E-state index contributed by atoms with van der Waals surface area (Å²) >= 11 is 0. The highest BCUT2D eigenvalue weighted by Gasteiger charge is 2.11. The van der Waals surface area contributed by atoms with Gasteiger partial charge in [0.2, 0.25) is 5.95 Å². The van der Waals surface area contributed by atoms with Crippen LogP contribution in [0.4, 0.5) is 5.95 Å². The van der Waals surface area contributed by atoms with E-state index in [2.05, 4.69) is 26.6 Å². The van der Waals surface area contributed by atoms with Gasteiger partial charge >= 0.3 is 0 Å². The van der Waals surface area contributed by atoms with Gasteiger partial charge in [0.15, 0.2) is 0 Å². The normalized spacial score (nSPS) is 10.7. The van der Waals surface area contributed by atoms with Gasteiger partial charge < -0.3 is 0 Å². The molecule has 1 aromatic carbocycles. The third kappa shape index (κ3) is 3.63. The maximum absolute atomic E-state index is 12.1. The summed E-state index contributed by atoms with van der Waals surface area (Å²) in [6.07, 6.45) is 4.83. The largest absolute Gasteiger partial charge is 0.289 e. The lowest BCUT2D eigenvalue weighted by atomic mass is 10.1. The fourth-order valence-electron chi connectivity index (χ4n) is 2.25. The summed E-state index contributed by atoms with van der Waals surface area (Å²) in [4.78, 5) is 16.2. The SMILES string of the molecule is CCn1cc(C(=O)Nc2ncn(Cc3cccc(C)c3)n2)cn1. The Kier molecular flexibility index (Phi) is 4.18. The van der Waals surface area contributed by atoms with Crippen molar-refractivity contribution in [2.45, 2.75) is 26.9 Å². The number of anilines is 1. The zero-order valence-electron chi connectivity index (χ0n) is 13.1. The van der Waals surface area contributed by atoms with Gasteiger partial charge in [-0.05, 0) is 19.4 Å². The molecule has 3 aromatic rings. The predicted molar refractivity (Wildman–Crippen MR) is 86.2 cm³/mol. The Balaban J connectivity index is 1.66. The summed E-state index contributed by atoms with van der Waals surface area (Å²) in [6, 6.07) is 8.19. The van der Waals surface area contributed by atoms with Crippen LogP contribution in [0.1, 0.15) is 28.4 Å². The second-order valence-corrected chi connectivity index (χ2v) is 5.29. The van der Waals surface area contributed by atoms with Crippen molar-refractivity contribution >= 4 is 11.9 Å². The Labute approximate surface area is 134 Å². The first-order valence-corrected chi connectivity index (χ1v) is 7.43. The number of nitrogens with zero attached hydrogens (tertiary/aromatic N) is 5. The standard InChI is InChI=1S/C16H18N6O/c1-3-21-10-14(8-18-21)15(23)19-16-17-11-22(20-16)9-13-6-4-5-12(2)7-13/h4-8,10-11H,3,9H2,1-2H3,(H,19,20,23). The summed E-state index contributed by atoms with van der Waals surface area (Å²) in [6.45, 7) is 5.34. The number of rotatable bonds is 5. The van der Waals surface area contributed by atoms with Crippen LogP contribution >= 0.6 is 0 Å². The third-order valence-corrected chi connectivity index (χ3v) is 3.41. The van der Waals surface area contributed by atoms with E-state index in [-0.39, 0.29) is 11.9 Å². The smallest absolute Gasteiger partial charge is 0.261 e. The first-order chi connectivity index (χ1) is 11.1. The van der Waals surface area contributed by atoms with Crippen LogP contribution in [0, 0.1) is 6.92 Å². The zero-order valence-corrected chi connectivity index (χ0v) is 13.1. The molecule has 0 radical (unpaired) electrons. The molecule has 23 heavy (non-hydrogen) atoms. The van der Waals surface area contributed by atoms with E-state index in [1.807, 2.05) is 32.0 Å². The highest BCUT2D eigenvalue weighted by molar-refractivity contribution is 6.02. The van der Waals surface area contributed by atoms with Crippen molar-refractivity contribution in [1.29, 1.82) is 0 Å². The maximum atomic E-state index is 12.1. The molecule has 0 unspecified atom stereocenters. The Hall–Kier alpha value is -2.96. The van der Waals surface area contributed by atoms with E-state index in [0.717, 1.165) is 12.1 Å². The lowest BCUT2D eigenvalue weighted by molar-refractivity contribution is 0.102. The third-order valence-electron chi connectivity index (χ3n) is 3.41. The summed E-state index contributed by atoms with van der Waals surface area (Å²) in [5.74, 6) is 0.0184. The average molecular weight is 310 g/mol. The molecule has 0 aliphatic rings. The molecule has 7 nitrogen and oxygen atoms in total.